The monoisotopic (exact) mass is 318 g/mol. The van der Waals surface area contributed by atoms with Crippen LogP contribution in [0.1, 0.15) is 48.0 Å². The molecule has 14 heavy (non-hydrogen) atoms. The molecule has 0 saturated carbocycles. The molecule has 0 aliphatic carbocycles. The van der Waals surface area contributed by atoms with Gasteiger partial charge in [0, 0.05) is 10.8 Å². The van der Waals surface area contributed by atoms with Crippen LogP contribution in [0.3, 0.4) is 0 Å². The van der Waals surface area contributed by atoms with Crippen LogP contribution in [-0.4, -0.2) is 80.5 Å². The van der Waals surface area contributed by atoms with Gasteiger partial charge in [0.05, 0.1) is 6.42 Å². The molecule has 0 atom stereocenters. The molecular weight excluding hydrogens is 297 g/mol. The molecule has 0 unspecified atom stereocenters. The first kappa shape index (κ1) is 17.8. The maximum atomic E-state index is 11.5. The van der Waals surface area contributed by atoms with Crippen LogP contribution in [-0.2, 0) is 9.59 Å². The zero-order valence-electron chi connectivity index (χ0n) is 9.52. The molecule has 0 aromatic carbocycles. The predicted octanol–water partition coefficient (Wildman–Crippen LogP) is 1.96. The third kappa shape index (κ3) is 6.80. The van der Waals surface area contributed by atoms with Crippen LogP contribution in [0, 0.1) is 10.8 Å². The minimum atomic E-state index is -0.402. The van der Waals surface area contributed by atoms with E-state index in [0.29, 0.717) is 0 Å². The van der Waals surface area contributed by atoms with E-state index >= 15 is 0 Å². The van der Waals surface area contributed by atoms with E-state index in [2.05, 4.69) is 0 Å². The Bertz CT molecular complexity index is 194. The maximum absolute atomic E-state index is 11.5. The molecule has 0 rings (SSSR count). The van der Waals surface area contributed by atoms with Gasteiger partial charge in [-0.1, -0.05) is 41.5 Å². The van der Waals surface area contributed by atoms with Gasteiger partial charge in [-0.25, -0.2) is 0 Å². The summed E-state index contributed by atoms with van der Waals surface area (Å²) in [7, 11) is 0. The van der Waals surface area contributed by atoms with Crippen LogP contribution in [0.25, 0.3) is 0 Å². The second-order valence-electron chi connectivity index (χ2n) is 5.52. The summed E-state index contributed by atoms with van der Waals surface area (Å²) in [6.07, 6.45) is 0.0625. The number of rotatable bonds is 2. The van der Waals surface area contributed by atoms with Crippen molar-refractivity contribution in [2.45, 2.75) is 48.0 Å². The van der Waals surface area contributed by atoms with Gasteiger partial charge in [0.1, 0.15) is 11.6 Å². The number of carbonyl (C=O) groups excluding carboxylic acids is 2. The Balaban J connectivity index is 0. The molecule has 0 bridgehead atoms. The Kier molecular flexibility index (Phi) is 7.88. The van der Waals surface area contributed by atoms with Crippen molar-refractivity contribution >= 4 is 80.5 Å². The Morgan fingerprint density at radius 3 is 1.14 bits per heavy atom. The standard InChI is InChI=1S/C11H20O2.Cs.H/c1-10(2,3)8(12)7-9(13)11(4,5)6;;/h7H2,1-6H3;;. The topological polar surface area (TPSA) is 34.1 Å². The van der Waals surface area contributed by atoms with E-state index in [1.165, 1.54) is 0 Å². The van der Waals surface area contributed by atoms with Gasteiger partial charge in [-0.3, -0.25) is 9.59 Å². The molecule has 3 heteroatoms. The summed E-state index contributed by atoms with van der Waals surface area (Å²) >= 11 is 0. The van der Waals surface area contributed by atoms with Gasteiger partial charge >= 0.3 is 68.9 Å². The van der Waals surface area contributed by atoms with Gasteiger partial charge in [-0.2, -0.15) is 0 Å². The number of hydrogen-bond donors (Lipinski definition) is 0. The summed E-state index contributed by atoms with van der Waals surface area (Å²) in [6.45, 7) is 11.0. The molecule has 0 aromatic heterocycles. The van der Waals surface area contributed by atoms with Crippen LogP contribution in [0.4, 0.5) is 0 Å². The predicted molar refractivity (Wildman–Crippen MR) is 60.7 cm³/mol. The molecule has 0 radical (unpaired) electrons. The Morgan fingerprint density at radius 2 is 1.00 bits per heavy atom. The van der Waals surface area contributed by atoms with E-state index in [0.717, 1.165) is 0 Å². The van der Waals surface area contributed by atoms with Gasteiger partial charge in [-0.05, 0) is 0 Å². The summed E-state index contributed by atoms with van der Waals surface area (Å²) in [5.41, 5.74) is -0.804. The third-order valence-corrected chi connectivity index (χ3v) is 1.99. The first-order valence-electron chi connectivity index (χ1n) is 4.62. The average Bonchev–Trinajstić information content (AvgIpc) is 1.82. The molecule has 0 amide bonds. The molecule has 0 saturated heterocycles. The van der Waals surface area contributed by atoms with Crippen molar-refractivity contribution in [3.8, 4) is 0 Å². The van der Waals surface area contributed by atoms with Crippen LogP contribution < -0.4 is 0 Å². The Labute approximate surface area is 146 Å². The van der Waals surface area contributed by atoms with Crippen molar-refractivity contribution in [3.05, 3.63) is 0 Å². The zero-order chi connectivity index (χ0) is 10.9. The summed E-state index contributed by atoms with van der Waals surface area (Å²) in [5, 5.41) is 0. The minimum absolute atomic E-state index is 0. The number of hydrogen-bond acceptors (Lipinski definition) is 2. The van der Waals surface area contributed by atoms with Crippen LogP contribution in [0.2, 0.25) is 0 Å². The second kappa shape index (κ2) is 6.21. The van der Waals surface area contributed by atoms with E-state index in [1.54, 1.807) is 0 Å². The van der Waals surface area contributed by atoms with Gasteiger partial charge in [0.15, 0.2) is 0 Å². The summed E-state index contributed by atoms with van der Waals surface area (Å²) in [4.78, 5) is 23.0. The van der Waals surface area contributed by atoms with E-state index in [9.17, 15) is 9.59 Å². The molecule has 0 aliphatic heterocycles. The third-order valence-electron chi connectivity index (χ3n) is 1.99. The van der Waals surface area contributed by atoms with Gasteiger partial charge < -0.3 is 0 Å². The van der Waals surface area contributed by atoms with Crippen molar-refractivity contribution in [2.24, 2.45) is 10.8 Å². The Morgan fingerprint density at radius 1 is 0.786 bits per heavy atom. The van der Waals surface area contributed by atoms with E-state index in [4.69, 9.17) is 0 Å². The molecular formula is C11H21CsO2. The fraction of sp³-hybridized carbons (Fsp3) is 0.818. The van der Waals surface area contributed by atoms with Gasteiger partial charge in [-0.15, -0.1) is 0 Å². The Hall–Kier alpha value is 1.39. The van der Waals surface area contributed by atoms with Gasteiger partial charge in [0.25, 0.3) is 0 Å². The second-order valence-corrected chi connectivity index (χ2v) is 5.52. The van der Waals surface area contributed by atoms with Crippen LogP contribution >= 0.6 is 0 Å². The molecule has 0 heterocycles. The van der Waals surface area contributed by atoms with Crippen molar-refractivity contribution in [3.63, 3.8) is 0 Å². The average molecular weight is 318 g/mol. The zero-order valence-corrected chi connectivity index (χ0v) is 9.52. The van der Waals surface area contributed by atoms with Crippen molar-refractivity contribution in [1.82, 2.24) is 0 Å². The van der Waals surface area contributed by atoms with E-state index in [-0.39, 0.29) is 86.9 Å². The SMILES string of the molecule is CC(C)(C)C(=O)CC(=O)C(C)(C)C.[CsH]. The van der Waals surface area contributed by atoms with E-state index < -0.39 is 10.8 Å². The normalized spacial score (nSPS) is 11.9. The summed E-state index contributed by atoms with van der Waals surface area (Å²) in [6, 6.07) is 0. The molecule has 0 spiro atoms. The molecule has 78 valence electrons. The molecule has 0 N–H and O–H groups in total. The first-order valence-corrected chi connectivity index (χ1v) is 4.62. The van der Waals surface area contributed by atoms with Crippen LogP contribution in [0.15, 0.2) is 0 Å². The molecule has 0 aromatic rings. The fourth-order valence-electron chi connectivity index (χ4n) is 0.676. The summed E-state index contributed by atoms with van der Waals surface area (Å²) < 4.78 is 0. The molecule has 0 fully saturated rings. The number of ketones is 2. The van der Waals surface area contributed by atoms with Gasteiger partial charge in [0.2, 0.25) is 0 Å². The molecule has 2 nitrogen and oxygen atoms in total. The number of Topliss-reactive ketones (excluding diaryl/α,β-unsaturated/α-hetero) is 2. The molecule has 0 aliphatic rings. The quantitative estimate of drug-likeness (QED) is 0.730. The van der Waals surface area contributed by atoms with Crippen LogP contribution in [0.5, 0.6) is 0 Å². The first-order chi connectivity index (χ1) is 5.55. The fourth-order valence-corrected chi connectivity index (χ4v) is 0.676. The van der Waals surface area contributed by atoms with Crippen molar-refractivity contribution < 1.29 is 9.59 Å². The van der Waals surface area contributed by atoms with E-state index in [1.807, 2.05) is 41.5 Å². The van der Waals surface area contributed by atoms with Crippen molar-refractivity contribution in [2.75, 3.05) is 0 Å². The van der Waals surface area contributed by atoms with Crippen molar-refractivity contribution in [1.29, 1.82) is 0 Å². The number of carbonyl (C=O) groups is 2. The summed E-state index contributed by atoms with van der Waals surface area (Å²) in [5.74, 6) is 0.0415.